The summed E-state index contributed by atoms with van der Waals surface area (Å²) in [6.07, 6.45) is 4.27. The molecule has 0 unspecified atom stereocenters. The van der Waals surface area contributed by atoms with E-state index in [0.29, 0.717) is 56.2 Å². The molecule has 1 fully saturated rings. The summed E-state index contributed by atoms with van der Waals surface area (Å²) in [5, 5.41) is 0.913. The number of nitrogens with zero attached hydrogens (tertiary/aromatic N) is 2. The van der Waals surface area contributed by atoms with Crippen molar-refractivity contribution in [3.63, 3.8) is 0 Å². The molecule has 0 saturated carbocycles. The molecule has 0 radical (unpaired) electrons. The highest BCUT2D eigenvalue weighted by Gasteiger charge is 2.24. The Morgan fingerprint density at radius 3 is 2.61 bits per heavy atom. The first-order chi connectivity index (χ1) is 16.1. The first kappa shape index (κ1) is 23.0. The van der Waals surface area contributed by atoms with Crippen LogP contribution >= 0.6 is 0 Å². The summed E-state index contributed by atoms with van der Waals surface area (Å²) < 4.78 is 30.0. The van der Waals surface area contributed by atoms with Gasteiger partial charge in [-0.3, -0.25) is 4.98 Å². The van der Waals surface area contributed by atoms with E-state index < -0.39 is 5.97 Å². The fraction of sp³-hybridized carbons (Fsp3) is 0.385. The lowest BCUT2D eigenvalue weighted by molar-refractivity contribution is 0.0596. The number of ether oxygens (including phenoxy) is 3. The van der Waals surface area contributed by atoms with Gasteiger partial charge < -0.3 is 19.1 Å². The van der Waals surface area contributed by atoms with Crippen LogP contribution in [0.2, 0.25) is 0 Å². The molecule has 3 aromatic rings. The standard InChI is InChI=1S/C26H29FN2O4/c1-3-4-11-33-25-22(26(30)31-2)16-23(29-9-12-32-13-10-29)21-15-19(17-28-24(21)25)14-18-5-7-20(27)8-6-18/h5-8,15-17H,3-4,9-14H2,1-2H3. The van der Waals surface area contributed by atoms with E-state index in [0.717, 1.165) is 35.0 Å². The van der Waals surface area contributed by atoms with Crippen LogP contribution in [0.5, 0.6) is 5.75 Å². The summed E-state index contributed by atoms with van der Waals surface area (Å²) in [5.74, 6) is -0.250. The van der Waals surface area contributed by atoms with Crippen molar-refractivity contribution in [2.45, 2.75) is 26.2 Å². The molecule has 2 heterocycles. The van der Waals surface area contributed by atoms with Crippen LogP contribution in [-0.4, -0.2) is 51.0 Å². The number of esters is 1. The Labute approximate surface area is 193 Å². The first-order valence-corrected chi connectivity index (χ1v) is 11.3. The summed E-state index contributed by atoms with van der Waals surface area (Å²) in [7, 11) is 1.37. The molecule has 0 N–H and O–H groups in total. The van der Waals surface area contributed by atoms with Crippen molar-refractivity contribution in [3.05, 3.63) is 65.1 Å². The van der Waals surface area contributed by atoms with Crippen LogP contribution in [0.3, 0.4) is 0 Å². The lowest BCUT2D eigenvalue weighted by Gasteiger charge is -2.30. The second kappa shape index (κ2) is 10.6. The number of unbranched alkanes of at least 4 members (excludes halogenated alkanes) is 1. The summed E-state index contributed by atoms with van der Waals surface area (Å²) in [5.41, 5.74) is 3.91. The van der Waals surface area contributed by atoms with Crippen LogP contribution < -0.4 is 9.64 Å². The second-order valence-electron chi connectivity index (χ2n) is 8.11. The van der Waals surface area contributed by atoms with Crippen molar-refractivity contribution < 1.29 is 23.4 Å². The average molecular weight is 453 g/mol. The van der Waals surface area contributed by atoms with E-state index in [1.807, 2.05) is 6.07 Å². The quantitative estimate of drug-likeness (QED) is 0.363. The smallest absolute Gasteiger partial charge is 0.341 e. The number of methoxy groups -OCH3 is 1. The minimum atomic E-state index is -0.449. The molecule has 4 rings (SSSR count). The molecule has 1 aliphatic rings. The highest BCUT2D eigenvalue weighted by atomic mass is 19.1. The van der Waals surface area contributed by atoms with Gasteiger partial charge in [0, 0.05) is 30.4 Å². The number of pyridine rings is 1. The summed E-state index contributed by atoms with van der Waals surface area (Å²) in [6.45, 7) is 5.25. The van der Waals surface area contributed by atoms with Crippen LogP contribution in [0.1, 0.15) is 41.3 Å². The zero-order valence-electron chi connectivity index (χ0n) is 19.1. The van der Waals surface area contributed by atoms with Gasteiger partial charge in [-0.1, -0.05) is 25.5 Å². The Morgan fingerprint density at radius 1 is 1.15 bits per heavy atom. The van der Waals surface area contributed by atoms with Gasteiger partial charge in [0.05, 0.1) is 26.9 Å². The number of halogens is 1. The molecule has 0 aliphatic carbocycles. The van der Waals surface area contributed by atoms with Crippen LogP contribution in [0.25, 0.3) is 10.9 Å². The minimum Gasteiger partial charge on any atom is -0.490 e. The maximum absolute atomic E-state index is 13.3. The van der Waals surface area contributed by atoms with Gasteiger partial charge in [-0.05, 0) is 48.2 Å². The van der Waals surface area contributed by atoms with E-state index in [1.54, 1.807) is 18.3 Å². The third-order valence-corrected chi connectivity index (χ3v) is 5.78. The van der Waals surface area contributed by atoms with Crippen molar-refractivity contribution in [3.8, 4) is 5.75 Å². The van der Waals surface area contributed by atoms with Crippen molar-refractivity contribution in [2.75, 3.05) is 44.9 Å². The van der Waals surface area contributed by atoms with Crippen molar-refractivity contribution in [1.29, 1.82) is 0 Å². The van der Waals surface area contributed by atoms with Gasteiger partial charge in [0.2, 0.25) is 0 Å². The fourth-order valence-corrected chi connectivity index (χ4v) is 4.02. The predicted molar refractivity (Wildman–Crippen MR) is 126 cm³/mol. The Kier molecular flexibility index (Phi) is 7.40. The van der Waals surface area contributed by atoms with Crippen LogP contribution in [0, 0.1) is 5.82 Å². The van der Waals surface area contributed by atoms with Gasteiger partial charge in [0.1, 0.15) is 16.9 Å². The molecule has 0 bridgehead atoms. The number of hydrogen-bond donors (Lipinski definition) is 0. The second-order valence-corrected chi connectivity index (χ2v) is 8.11. The topological polar surface area (TPSA) is 60.9 Å². The molecule has 7 heteroatoms. The molecular weight excluding hydrogens is 423 g/mol. The number of hydrogen-bond acceptors (Lipinski definition) is 6. The molecule has 0 atom stereocenters. The van der Waals surface area contributed by atoms with Crippen LogP contribution in [0.4, 0.5) is 10.1 Å². The third-order valence-electron chi connectivity index (χ3n) is 5.78. The van der Waals surface area contributed by atoms with E-state index in [2.05, 4.69) is 17.9 Å². The van der Waals surface area contributed by atoms with E-state index in [-0.39, 0.29) is 5.82 Å². The Hall–Kier alpha value is -3.19. The number of rotatable bonds is 8. The van der Waals surface area contributed by atoms with Gasteiger partial charge in [-0.15, -0.1) is 0 Å². The summed E-state index contributed by atoms with van der Waals surface area (Å²) >= 11 is 0. The van der Waals surface area contributed by atoms with Gasteiger partial charge >= 0.3 is 5.97 Å². The number of anilines is 1. The molecule has 174 valence electrons. The number of fused-ring (bicyclic) bond motifs is 1. The molecule has 1 saturated heterocycles. The first-order valence-electron chi connectivity index (χ1n) is 11.3. The van der Waals surface area contributed by atoms with Crippen LogP contribution in [-0.2, 0) is 15.9 Å². The normalized spacial score (nSPS) is 13.8. The number of carbonyl (C=O) groups is 1. The van der Waals surface area contributed by atoms with Gasteiger partial charge in [0.15, 0.2) is 5.75 Å². The third kappa shape index (κ3) is 5.25. The van der Waals surface area contributed by atoms with Crippen molar-refractivity contribution >= 4 is 22.6 Å². The van der Waals surface area contributed by atoms with Crippen molar-refractivity contribution in [1.82, 2.24) is 4.98 Å². The highest BCUT2D eigenvalue weighted by molar-refractivity contribution is 6.05. The van der Waals surface area contributed by atoms with Gasteiger partial charge in [-0.2, -0.15) is 0 Å². The maximum Gasteiger partial charge on any atom is 0.341 e. The zero-order valence-corrected chi connectivity index (χ0v) is 19.1. The summed E-state index contributed by atoms with van der Waals surface area (Å²) in [6, 6.07) is 10.4. The largest absolute Gasteiger partial charge is 0.490 e. The predicted octanol–water partition coefficient (Wildman–Crippen LogP) is 4.77. The van der Waals surface area contributed by atoms with Gasteiger partial charge in [0.25, 0.3) is 0 Å². The SMILES string of the molecule is CCCCOc1c(C(=O)OC)cc(N2CCOCC2)c2cc(Cc3ccc(F)cc3)cnc12. The fourth-order valence-electron chi connectivity index (χ4n) is 4.02. The number of benzene rings is 2. The Bertz CT molecular complexity index is 1110. The molecule has 6 nitrogen and oxygen atoms in total. The molecule has 2 aromatic carbocycles. The Balaban J connectivity index is 1.83. The minimum absolute atomic E-state index is 0.255. The van der Waals surface area contributed by atoms with E-state index in [9.17, 15) is 9.18 Å². The molecule has 33 heavy (non-hydrogen) atoms. The van der Waals surface area contributed by atoms with E-state index in [1.165, 1.54) is 19.2 Å². The molecule has 1 aromatic heterocycles. The van der Waals surface area contributed by atoms with Crippen LogP contribution in [0.15, 0.2) is 42.6 Å². The van der Waals surface area contributed by atoms with E-state index >= 15 is 0 Å². The summed E-state index contributed by atoms with van der Waals surface area (Å²) in [4.78, 5) is 19.6. The van der Waals surface area contributed by atoms with Crippen molar-refractivity contribution in [2.24, 2.45) is 0 Å². The maximum atomic E-state index is 13.3. The lowest BCUT2D eigenvalue weighted by atomic mass is 10.0. The van der Waals surface area contributed by atoms with E-state index in [4.69, 9.17) is 19.2 Å². The zero-order chi connectivity index (χ0) is 23.2. The average Bonchev–Trinajstić information content (AvgIpc) is 2.85. The number of carbonyl (C=O) groups excluding carboxylic acids is 1. The molecule has 0 amide bonds. The highest BCUT2D eigenvalue weighted by Crippen LogP contribution is 2.38. The Morgan fingerprint density at radius 2 is 1.91 bits per heavy atom. The molecule has 0 spiro atoms. The molecule has 1 aliphatic heterocycles. The monoisotopic (exact) mass is 452 g/mol. The number of morpholine rings is 1. The van der Waals surface area contributed by atoms with Gasteiger partial charge in [-0.25, -0.2) is 9.18 Å². The lowest BCUT2D eigenvalue weighted by Crippen LogP contribution is -2.36. The number of aromatic nitrogens is 1. The molecular formula is C26H29FN2O4.